The Labute approximate surface area is 203 Å². The largest absolute Gasteiger partial charge is 0.416 e. The highest BCUT2D eigenvalue weighted by molar-refractivity contribution is 5.52. The second kappa shape index (κ2) is 11.4. The summed E-state index contributed by atoms with van der Waals surface area (Å²) in [5, 5.41) is 13.0. The standard InChI is InChI=1S/C26H29F3N6/c27-26(28,29)24-5-2-21(3-6-24)18-33-12-14-34(15-13-33)19-23-16-25(7-4-22(23)17-30)32-8-1-10-35-11-9-31-20-35/h2-7,9,11,16,20,32H,1,8,10,12-15,18-19H2. The van der Waals surface area contributed by atoms with Crippen LogP contribution in [0.3, 0.4) is 0 Å². The molecule has 35 heavy (non-hydrogen) atoms. The van der Waals surface area contributed by atoms with Crippen LogP contribution < -0.4 is 5.32 Å². The van der Waals surface area contributed by atoms with Crippen LogP contribution in [-0.4, -0.2) is 52.1 Å². The van der Waals surface area contributed by atoms with E-state index in [1.807, 2.05) is 29.2 Å². The van der Waals surface area contributed by atoms with Crippen LogP contribution in [0.1, 0.15) is 28.7 Å². The van der Waals surface area contributed by atoms with Gasteiger partial charge in [-0.1, -0.05) is 12.1 Å². The van der Waals surface area contributed by atoms with E-state index in [0.29, 0.717) is 18.7 Å². The summed E-state index contributed by atoms with van der Waals surface area (Å²) in [6, 6.07) is 13.6. The van der Waals surface area contributed by atoms with Crippen molar-refractivity contribution in [3.8, 4) is 6.07 Å². The van der Waals surface area contributed by atoms with Crippen LogP contribution in [0.2, 0.25) is 0 Å². The number of nitrogens with zero attached hydrogens (tertiary/aromatic N) is 5. The maximum absolute atomic E-state index is 12.8. The lowest BCUT2D eigenvalue weighted by Gasteiger charge is -2.35. The molecule has 184 valence electrons. The van der Waals surface area contributed by atoms with Crippen molar-refractivity contribution in [3.05, 3.63) is 83.4 Å². The number of anilines is 1. The molecule has 2 aromatic carbocycles. The number of hydrogen-bond donors (Lipinski definition) is 1. The van der Waals surface area contributed by atoms with Gasteiger partial charge in [0.2, 0.25) is 0 Å². The Morgan fingerprint density at radius 3 is 2.31 bits per heavy atom. The van der Waals surface area contributed by atoms with Crippen molar-refractivity contribution >= 4 is 5.69 Å². The monoisotopic (exact) mass is 482 g/mol. The number of benzene rings is 2. The Balaban J connectivity index is 1.26. The summed E-state index contributed by atoms with van der Waals surface area (Å²) in [6.07, 6.45) is 2.19. The van der Waals surface area contributed by atoms with Crippen LogP contribution in [0, 0.1) is 11.3 Å². The zero-order chi connectivity index (χ0) is 24.7. The van der Waals surface area contributed by atoms with E-state index < -0.39 is 11.7 Å². The summed E-state index contributed by atoms with van der Waals surface area (Å²) < 4.78 is 40.3. The fraction of sp³-hybridized carbons (Fsp3) is 0.385. The van der Waals surface area contributed by atoms with E-state index >= 15 is 0 Å². The molecule has 2 heterocycles. The lowest BCUT2D eigenvalue weighted by molar-refractivity contribution is -0.137. The second-order valence-electron chi connectivity index (χ2n) is 8.81. The molecule has 1 aliphatic rings. The topological polar surface area (TPSA) is 60.1 Å². The predicted molar refractivity (Wildman–Crippen MR) is 128 cm³/mol. The molecule has 9 heteroatoms. The van der Waals surface area contributed by atoms with Crippen molar-refractivity contribution < 1.29 is 13.2 Å². The Morgan fingerprint density at radius 2 is 1.69 bits per heavy atom. The summed E-state index contributed by atoms with van der Waals surface area (Å²) >= 11 is 0. The molecular weight excluding hydrogens is 453 g/mol. The highest BCUT2D eigenvalue weighted by Gasteiger charge is 2.30. The Morgan fingerprint density at radius 1 is 0.971 bits per heavy atom. The molecule has 0 saturated carbocycles. The molecule has 0 amide bonds. The number of nitrogens with one attached hydrogen (secondary N) is 1. The van der Waals surface area contributed by atoms with Crippen molar-refractivity contribution in [1.29, 1.82) is 5.26 Å². The van der Waals surface area contributed by atoms with Gasteiger partial charge in [0.25, 0.3) is 0 Å². The number of imidazole rings is 1. The first kappa shape index (κ1) is 24.8. The van der Waals surface area contributed by atoms with Gasteiger partial charge in [0.1, 0.15) is 0 Å². The highest BCUT2D eigenvalue weighted by Crippen LogP contribution is 2.29. The molecule has 0 bridgehead atoms. The maximum Gasteiger partial charge on any atom is 0.416 e. The molecule has 1 aromatic heterocycles. The Hall–Kier alpha value is -3.35. The van der Waals surface area contributed by atoms with E-state index in [1.54, 1.807) is 18.3 Å². The van der Waals surface area contributed by atoms with E-state index in [1.165, 1.54) is 0 Å². The van der Waals surface area contributed by atoms with Crippen molar-refractivity contribution in [2.75, 3.05) is 38.0 Å². The molecule has 0 unspecified atom stereocenters. The number of nitriles is 1. The summed E-state index contributed by atoms with van der Waals surface area (Å²) in [5.74, 6) is 0. The van der Waals surface area contributed by atoms with Crippen molar-refractivity contribution in [2.24, 2.45) is 0 Å². The molecule has 4 rings (SSSR count). The molecule has 0 spiro atoms. The van der Waals surface area contributed by atoms with Gasteiger partial charge in [0, 0.05) is 70.4 Å². The fourth-order valence-electron chi connectivity index (χ4n) is 4.26. The van der Waals surface area contributed by atoms with Gasteiger partial charge < -0.3 is 9.88 Å². The number of piperazine rings is 1. The minimum absolute atomic E-state index is 0.616. The van der Waals surface area contributed by atoms with Gasteiger partial charge in [-0.3, -0.25) is 9.80 Å². The van der Waals surface area contributed by atoms with Gasteiger partial charge in [0.05, 0.1) is 23.5 Å². The van der Waals surface area contributed by atoms with E-state index in [-0.39, 0.29) is 0 Å². The smallest absolute Gasteiger partial charge is 0.385 e. The SMILES string of the molecule is N#Cc1ccc(NCCCn2ccnc2)cc1CN1CCN(Cc2ccc(C(F)(F)F)cc2)CC1. The lowest BCUT2D eigenvalue weighted by Crippen LogP contribution is -2.45. The Bertz CT molecular complexity index is 1110. The number of alkyl halides is 3. The molecule has 1 aliphatic heterocycles. The second-order valence-corrected chi connectivity index (χ2v) is 8.81. The van der Waals surface area contributed by atoms with Gasteiger partial charge in [-0.2, -0.15) is 18.4 Å². The van der Waals surface area contributed by atoms with Gasteiger partial charge in [-0.05, 0) is 47.9 Å². The first-order chi connectivity index (χ1) is 16.9. The summed E-state index contributed by atoms with van der Waals surface area (Å²) in [7, 11) is 0. The van der Waals surface area contributed by atoms with Crippen LogP contribution in [0.25, 0.3) is 0 Å². The van der Waals surface area contributed by atoms with Crippen molar-refractivity contribution in [2.45, 2.75) is 32.2 Å². The molecule has 1 fully saturated rings. The van der Waals surface area contributed by atoms with E-state index in [4.69, 9.17) is 0 Å². The molecule has 0 atom stereocenters. The maximum atomic E-state index is 12.8. The van der Waals surface area contributed by atoms with E-state index in [9.17, 15) is 18.4 Å². The summed E-state index contributed by atoms with van der Waals surface area (Å²) in [4.78, 5) is 8.62. The third-order valence-electron chi connectivity index (χ3n) is 6.25. The minimum atomic E-state index is -4.31. The molecular formula is C26H29F3N6. The van der Waals surface area contributed by atoms with E-state index in [0.717, 1.165) is 74.6 Å². The first-order valence-corrected chi connectivity index (χ1v) is 11.7. The third-order valence-corrected chi connectivity index (χ3v) is 6.25. The number of rotatable bonds is 9. The lowest BCUT2D eigenvalue weighted by atomic mass is 10.1. The number of aromatic nitrogens is 2. The fourth-order valence-corrected chi connectivity index (χ4v) is 4.26. The van der Waals surface area contributed by atoms with Crippen molar-refractivity contribution in [3.63, 3.8) is 0 Å². The number of hydrogen-bond acceptors (Lipinski definition) is 5. The highest BCUT2D eigenvalue weighted by atomic mass is 19.4. The molecule has 0 radical (unpaired) electrons. The molecule has 1 saturated heterocycles. The zero-order valence-electron chi connectivity index (χ0n) is 19.5. The van der Waals surface area contributed by atoms with Gasteiger partial charge in [-0.25, -0.2) is 4.98 Å². The van der Waals surface area contributed by atoms with Crippen molar-refractivity contribution in [1.82, 2.24) is 19.4 Å². The van der Waals surface area contributed by atoms with Crippen LogP contribution in [0.15, 0.2) is 61.2 Å². The summed E-state index contributed by atoms with van der Waals surface area (Å²) in [5.41, 5.74) is 2.95. The predicted octanol–water partition coefficient (Wildman–Crippen LogP) is 4.59. The quantitative estimate of drug-likeness (QED) is 0.452. The average Bonchev–Trinajstić information content (AvgIpc) is 3.37. The van der Waals surface area contributed by atoms with Crippen LogP contribution in [-0.2, 0) is 25.8 Å². The van der Waals surface area contributed by atoms with Crippen LogP contribution in [0.5, 0.6) is 0 Å². The van der Waals surface area contributed by atoms with Crippen LogP contribution in [0.4, 0.5) is 18.9 Å². The molecule has 6 nitrogen and oxygen atoms in total. The van der Waals surface area contributed by atoms with Crippen LogP contribution >= 0.6 is 0 Å². The van der Waals surface area contributed by atoms with Gasteiger partial charge in [0.15, 0.2) is 0 Å². The Kier molecular flexibility index (Phi) is 8.06. The molecule has 1 N–H and O–H groups in total. The number of halogens is 3. The summed E-state index contributed by atoms with van der Waals surface area (Å²) in [6.45, 7) is 6.39. The first-order valence-electron chi connectivity index (χ1n) is 11.7. The number of aryl methyl sites for hydroxylation is 1. The molecule has 3 aromatic rings. The average molecular weight is 483 g/mol. The zero-order valence-corrected chi connectivity index (χ0v) is 19.5. The van der Waals surface area contributed by atoms with Gasteiger partial charge in [-0.15, -0.1) is 0 Å². The minimum Gasteiger partial charge on any atom is -0.385 e. The molecule has 0 aliphatic carbocycles. The normalized spacial score (nSPS) is 15.1. The van der Waals surface area contributed by atoms with E-state index in [2.05, 4.69) is 32.2 Å². The third kappa shape index (κ3) is 7.07. The van der Waals surface area contributed by atoms with Gasteiger partial charge >= 0.3 is 6.18 Å².